The zero-order chi connectivity index (χ0) is 10.0. The van der Waals surface area contributed by atoms with Gasteiger partial charge in [0.25, 0.3) is 0 Å². The summed E-state index contributed by atoms with van der Waals surface area (Å²) in [7, 11) is 0. The molecule has 0 atom stereocenters. The Hall–Kier alpha value is -1.98. The molecule has 68 valence electrons. The molecule has 0 aromatic carbocycles. The average Bonchev–Trinajstić information content (AvgIpc) is 2.03. The summed E-state index contributed by atoms with van der Waals surface area (Å²) in [5.74, 6) is -1.46. The minimum atomic E-state index is -1.15. The molecule has 0 aliphatic heterocycles. The summed E-state index contributed by atoms with van der Waals surface area (Å²) in [5, 5.41) is 18.8. The Labute approximate surface area is 73.0 Å². The van der Waals surface area contributed by atoms with Gasteiger partial charge in [0.05, 0.1) is 0 Å². The van der Waals surface area contributed by atoms with Gasteiger partial charge in [-0.2, -0.15) is 0 Å². The summed E-state index contributed by atoms with van der Waals surface area (Å²) < 4.78 is 0. The second-order valence-electron chi connectivity index (χ2n) is 2.43. The normalized spacial score (nSPS) is 9.62. The van der Waals surface area contributed by atoms with Crippen molar-refractivity contribution in [3.05, 3.63) is 33.5 Å². The standard InChI is InChI=1S/C7H6N2O4/c1-4-2-5(7(10)11)3-8-6(4)9(12)13/h2-3H,1H3,(H,10,11). The van der Waals surface area contributed by atoms with Gasteiger partial charge >= 0.3 is 11.8 Å². The summed E-state index contributed by atoms with van der Waals surface area (Å²) in [6.45, 7) is 1.44. The van der Waals surface area contributed by atoms with Crippen LogP contribution in [0.2, 0.25) is 0 Å². The van der Waals surface area contributed by atoms with E-state index in [-0.39, 0.29) is 16.9 Å². The molecule has 1 N–H and O–H groups in total. The number of nitrogens with zero attached hydrogens (tertiary/aromatic N) is 2. The molecule has 0 aliphatic rings. The molecule has 1 aromatic rings. The fourth-order valence-electron chi connectivity index (χ4n) is 0.876. The number of carboxylic acid groups (broad SMARTS) is 1. The lowest BCUT2D eigenvalue weighted by Crippen LogP contribution is -2.01. The van der Waals surface area contributed by atoms with Crippen molar-refractivity contribution in [3.63, 3.8) is 0 Å². The van der Waals surface area contributed by atoms with Crippen molar-refractivity contribution < 1.29 is 14.8 Å². The Bertz CT molecular complexity index is 375. The van der Waals surface area contributed by atoms with Crippen molar-refractivity contribution in [2.75, 3.05) is 0 Å². The first-order valence-corrected chi connectivity index (χ1v) is 3.36. The molecule has 0 fully saturated rings. The monoisotopic (exact) mass is 182 g/mol. The highest BCUT2D eigenvalue weighted by Crippen LogP contribution is 2.14. The molecule has 0 saturated carbocycles. The zero-order valence-electron chi connectivity index (χ0n) is 6.72. The van der Waals surface area contributed by atoms with Crippen LogP contribution >= 0.6 is 0 Å². The van der Waals surface area contributed by atoms with E-state index < -0.39 is 10.9 Å². The maximum Gasteiger partial charge on any atom is 0.366 e. The summed E-state index contributed by atoms with van der Waals surface area (Å²) in [4.78, 5) is 23.5. The summed E-state index contributed by atoms with van der Waals surface area (Å²) >= 11 is 0. The molecular weight excluding hydrogens is 176 g/mol. The Morgan fingerprint density at radius 3 is 2.69 bits per heavy atom. The van der Waals surface area contributed by atoms with E-state index in [0.29, 0.717) is 0 Å². The summed E-state index contributed by atoms with van der Waals surface area (Å²) in [6.07, 6.45) is 0.966. The number of hydrogen-bond acceptors (Lipinski definition) is 4. The Balaban J connectivity index is 3.20. The van der Waals surface area contributed by atoms with Gasteiger partial charge in [0.1, 0.15) is 5.56 Å². The molecule has 6 heteroatoms. The molecule has 6 nitrogen and oxygen atoms in total. The largest absolute Gasteiger partial charge is 0.478 e. The molecule has 0 amide bonds. The van der Waals surface area contributed by atoms with Crippen LogP contribution in [0.5, 0.6) is 0 Å². The van der Waals surface area contributed by atoms with E-state index in [2.05, 4.69) is 4.98 Å². The number of carbonyl (C=O) groups is 1. The molecule has 1 rings (SSSR count). The van der Waals surface area contributed by atoms with Crippen molar-refractivity contribution in [3.8, 4) is 0 Å². The molecule has 0 unspecified atom stereocenters. The van der Waals surface area contributed by atoms with Crippen LogP contribution in [0, 0.1) is 17.0 Å². The van der Waals surface area contributed by atoms with Crippen LogP contribution in [0.15, 0.2) is 12.3 Å². The van der Waals surface area contributed by atoms with Gasteiger partial charge in [-0.25, -0.2) is 4.79 Å². The van der Waals surface area contributed by atoms with Crippen molar-refractivity contribution in [2.45, 2.75) is 6.92 Å². The topological polar surface area (TPSA) is 93.3 Å². The lowest BCUT2D eigenvalue weighted by atomic mass is 10.2. The first kappa shape index (κ1) is 9.11. The quantitative estimate of drug-likeness (QED) is 0.543. The molecule has 1 aromatic heterocycles. The minimum Gasteiger partial charge on any atom is -0.478 e. The molecular formula is C7H6N2O4. The van der Waals surface area contributed by atoms with Crippen LogP contribution in [-0.4, -0.2) is 21.0 Å². The maximum absolute atomic E-state index is 10.4. The first-order valence-electron chi connectivity index (χ1n) is 3.36. The van der Waals surface area contributed by atoms with Gasteiger partial charge < -0.3 is 15.2 Å². The molecule has 13 heavy (non-hydrogen) atoms. The van der Waals surface area contributed by atoms with Gasteiger partial charge in [0.2, 0.25) is 0 Å². The third kappa shape index (κ3) is 1.78. The van der Waals surface area contributed by atoms with E-state index in [9.17, 15) is 14.9 Å². The lowest BCUT2D eigenvalue weighted by Gasteiger charge is -1.96. The summed E-state index contributed by atoms with van der Waals surface area (Å²) in [6, 6.07) is 1.22. The zero-order valence-corrected chi connectivity index (χ0v) is 6.72. The number of carboxylic acids is 1. The highest BCUT2D eigenvalue weighted by atomic mass is 16.6. The number of pyridine rings is 1. The van der Waals surface area contributed by atoms with Gasteiger partial charge in [0.15, 0.2) is 6.20 Å². The fourth-order valence-corrected chi connectivity index (χ4v) is 0.876. The van der Waals surface area contributed by atoms with Crippen LogP contribution in [0.3, 0.4) is 0 Å². The third-order valence-electron chi connectivity index (χ3n) is 1.47. The second-order valence-corrected chi connectivity index (χ2v) is 2.43. The van der Waals surface area contributed by atoms with Crippen LogP contribution < -0.4 is 0 Å². The van der Waals surface area contributed by atoms with E-state index in [0.717, 1.165) is 6.20 Å². The van der Waals surface area contributed by atoms with Crippen molar-refractivity contribution in [1.29, 1.82) is 0 Å². The van der Waals surface area contributed by atoms with Crippen molar-refractivity contribution in [1.82, 2.24) is 4.98 Å². The molecule has 0 saturated heterocycles. The van der Waals surface area contributed by atoms with Crippen molar-refractivity contribution in [2.24, 2.45) is 0 Å². The molecule has 0 bridgehead atoms. The highest BCUT2D eigenvalue weighted by Gasteiger charge is 2.15. The van der Waals surface area contributed by atoms with E-state index in [1.54, 1.807) is 0 Å². The van der Waals surface area contributed by atoms with Crippen molar-refractivity contribution >= 4 is 11.8 Å². The SMILES string of the molecule is Cc1cc(C(=O)O)cnc1[N+](=O)[O-]. The summed E-state index contributed by atoms with van der Waals surface area (Å²) in [5.41, 5.74) is 0.188. The Morgan fingerprint density at radius 2 is 2.31 bits per heavy atom. The average molecular weight is 182 g/mol. The van der Waals surface area contributed by atoms with Gasteiger partial charge in [-0.15, -0.1) is 0 Å². The number of nitro groups is 1. The molecule has 0 radical (unpaired) electrons. The second kappa shape index (κ2) is 3.18. The van der Waals surface area contributed by atoms with Crippen LogP contribution in [0.1, 0.15) is 15.9 Å². The van der Waals surface area contributed by atoms with E-state index in [4.69, 9.17) is 5.11 Å². The predicted molar refractivity (Wildman–Crippen MR) is 42.6 cm³/mol. The highest BCUT2D eigenvalue weighted by molar-refractivity contribution is 5.87. The van der Waals surface area contributed by atoms with Crippen LogP contribution in [0.4, 0.5) is 5.82 Å². The number of hydrogen-bond donors (Lipinski definition) is 1. The Kier molecular flexibility index (Phi) is 2.23. The number of aromatic carboxylic acids is 1. The van der Waals surface area contributed by atoms with E-state index in [1.165, 1.54) is 13.0 Å². The predicted octanol–water partition coefficient (Wildman–Crippen LogP) is 0.996. The third-order valence-corrected chi connectivity index (χ3v) is 1.47. The van der Waals surface area contributed by atoms with Crippen LogP contribution in [0.25, 0.3) is 0 Å². The molecule has 0 spiro atoms. The van der Waals surface area contributed by atoms with Gasteiger partial charge in [-0.05, 0) is 22.9 Å². The van der Waals surface area contributed by atoms with Gasteiger partial charge in [-0.1, -0.05) is 0 Å². The maximum atomic E-state index is 10.4. The fraction of sp³-hybridized carbons (Fsp3) is 0.143. The first-order chi connectivity index (χ1) is 6.02. The number of aromatic nitrogens is 1. The minimum absolute atomic E-state index is 0.0527. The molecule has 1 heterocycles. The van der Waals surface area contributed by atoms with Gasteiger partial charge in [0, 0.05) is 5.56 Å². The van der Waals surface area contributed by atoms with Crippen LogP contribution in [-0.2, 0) is 0 Å². The lowest BCUT2D eigenvalue weighted by molar-refractivity contribution is -0.390. The Morgan fingerprint density at radius 1 is 1.69 bits per heavy atom. The van der Waals surface area contributed by atoms with E-state index in [1.807, 2.05) is 0 Å². The smallest absolute Gasteiger partial charge is 0.366 e. The van der Waals surface area contributed by atoms with Gasteiger partial charge in [-0.3, -0.25) is 0 Å². The number of rotatable bonds is 2. The molecule has 0 aliphatic carbocycles. The van der Waals surface area contributed by atoms with E-state index >= 15 is 0 Å². The number of aryl methyl sites for hydroxylation is 1.